The first kappa shape index (κ1) is 25.6. The monoisotopic (exact) mass is 495 g/mol. The number of hydrogen-bond acceptors (Lipinski definition) is 4. The van der Waals surface area contributed by atoms with E-state index in [0.29, 0.717) is 37.4 Å². The van der Waals surface area contributed by atoms with Crippen molar-refractivity contribution in [2.45, 2.75) is 96.1 Å². The Bertz CT molecular complexity index is 878. The second-order valence-corrected chi connectivity index (χ2v) is 11.7. The van der Waals surface area contributed by atoms with E-state index in [-0.39, 0.29) is 17.9 Å². The van der Waals surface area contributed by atoms with Crippen LogP contribution in [0.5, 0.6) is 5.75 Å². The Morgan fingerprint density at radius 2 is 1.75 bits per heavy atom. The molecule has 2 aliphatic carbocycles. The number of rotatable bonds is 11. The molecule has 2 saturated heterocycles. The normalized spacial score (nSPS) is 25.5. The molecule has 2 amide bonds. The number of benzene rings is 1. The summed E-state index contributed by atoms with van der Waals surface area (Å²) in [4.78, 5) is 32.7. The van der Waals surface area contributed by atoms with Crippen LogP contribution in [0.1, 0.15) is 84.0 Å². The average molecular weight is 496 g/mol. The SMILES string of the molecule is CC1CCCN1CCCOc1ccc(N2C(=O)CC[C@H]2CN(CC2CCCCC2)C(=O)C2CC2)cc1. The lowest BCUT2D eigenvalue weighted by Crippen LogP contribution is -2.46. The zero-order valence-corrected chi connectivity index (χ0v) is 22.2. The molecule has 6 nitrogen and oxygen atoms in total. The summed E-state index contributed by atoms with van der Waals surface area (Å²) < 4.78 is 6.00. The Labute approximate surface area is 217 Å². The highest BCUT2D eigenvalue weighted by Gasteiger charge is 2.39. The van der Waals surface area contributed by atoms with Gasteiger partial charge in [0.05, 0.1) is 12.6 Å². The Kier molecular flexibility index (Phi) is 8.51. The third-order valence-corrected chi connectivity index (χ3v) is 8.86. The van der Waals surface area contributed by atoms with Crippen LogP contribution >= 0.6 is 0 Å². The molecule has 198 valence electrons. The molecule has 4 aliphatic rings. The van der Waals surface area contributed by atoms with E-state index in [9.17, 15) is 9.59 Å². The molecule has 2 atom stereocenters. The first-order chi connectivity index (χ1) is 17.6. The van der Waals surface area contributed by atoms with Crippen LogP contribution in [0.25, 0.3) is 0 Å². The van der Waals surface area contributed by atoms with Crippen molar-refractivity contribution in [1.29, 1.82) is 0 Å². The Hall–Kier alpha value is -2.08. The highest BCUT2D eigenvalue weighted by molar-refractivity contribution is 5.96. The molecule has 2 heterocycles. The van der Waals surface area contributed by atoms with Crippen LogP contribution in [-0.4, -0.2) is 66.5 Å². The highest BCUT2D eigenvalue weighted by atomic mass is 16.5. The van der Waals surface area contributed by atoms with Gasteiger partial charge >= 0.3 is 0 Å². The molecule has 4 fully saturated rings. The van der Waals surface area contributed by atoms with Gasteiger partial charge in [0, 0.05) is 43.7 Å². The van der Waals surface area contributed by atoms with Gasteiger partial charge in [-0.3, -0.25) is 9.59 Å². The lowest BCUT2D eigenvalue weighted by molar-refractivity contribution is -0.133. The van der Waals surface area contributed by atoms with E-state index >= 15 is 0 Å². The minimum absolute atomic E-state index is 0.0676. The molecule has 0 aromatic heterocycles. The summed E-state index contributed by atoms with van der Waals surface area (Å²) in [5.41, 5.74) is 0.928. The van der Waals surface area contributed by atoms with Gasteiger partial charge in [-0.2, -0.15) is 0 Å². The van der Waals surface area contributed by atoms with Crippen molar-refractivity contribution < 1.29 is 14.3 Å². The fourth-order valence-corrected chi connectivity index (χ4v) is 6.54. The lowest BCUT2D eigenvalue weighted by atomic mass is 9.88. The van der Waals surface area contributed by atoms with E-state index in [1.807, 2.05) is 29.2 Å². The number of amides is 2. The van der Waals surface area contributed by atoms with Gasteiger partial charge in [0.2, 0.25) is 11.8 Å². The average Bonchev–Trinajstić information content (AvgIpc) is 3.58. The third-order valence-electron chi connectivity index (χ3n) is 8.86. The fraction of sp³-hybridized carbons (Fsp3) is 0.733. The van der Waals surface area contributed by atoms with Crippen LogP contribution in [0.3, 0.4) is 0 Å². The van der Waals surface area contributed by atoms with Crippen LogP contribution in [0.2, 0.25) is 0 Å². The number of hydrogen-bond donors (Lipinski definition) is 0. The Balaban J connectivity index is 1.16. The van der Waals surface area contributed by atoms with Gasteiger partial charge in [-0.25, -0.2) is 0 Å². The van der Waals surface area contributed by atoms with Crippen LogP contribution in [0.4, 0.5) is 5.69 Å². The fourth-order valence-electron chi connectivity index (χ4n) is 6.54. The number of carbonyl (C=O) groups is 2. The van der Waals surface area contributed by atoms with E-state index in [4.69, 9.17) is 4.74 Å². The molecule has 2 aliphatic heterocycles. The summed E-state index contributed by atoms with van der Waals surface area (Å²) in [5.74, 6) is 2.21. The van der Waals surface area contributed by atoms with Gasteiger partial charge < -0.3 is 19.4 Å². The molecule has 0 spiro atoms. The number of ether oxygens (including phenoxy) is 1. The summed E-state index contributed by atoms with van der Waals surface area (Å²) in [6, 6.07) is 8.79. The topological polar surface area (TPSA) is 53.1 Å². The quantitative estimate of drug-likeness (QED) is 0.393. The lowest BCUT2D eigenvalue weighted by Gasteiger charge is -2.34. The molecular formula is C30H45N3O3. The van der Waals surface area contributed by atoms with E-state index in [1.165, 1.54) is 51.5 Å². The molecule has 2 saturated carbocycles. The van der Waals surface area contributed by atoms with Gasteiger partial charge in [-0.15, -0.1) is 0 Å². The van der Waals surface area contributed by atoms with Crippen molar-refractivity contribution in [3.63, 3.8) is 0 Å². The number of carbonyl (C=O) groups excluding carboxylic acids is 2. The van der Waals surface area contributed by atoms with Gasteiger partial charge in [-0.1, -0.05) is 19.3 Å². The van der Waals surface area contributed by atoms with Gasteiger partial charge in [0.15, 0.2) is 0 Å². The predicted octanol–water partition coefficient (Wildman–Crippen LogP) is 5.25. The van der Waals surface area contributed by atoms with Crippen molar-refractivity contribution >= 4 is 17.5 Å². The van der Waals surface area contributed by atoms with Crippen molar-refractivity contribution in [3.05, 3.63) is 24.3 Å². The summed E-state index contributed by atoms with van der Waals surface area (Å²) in [6.07, 6.45) is 13.5. The molecule has 1 aromatic carbocycles. The Morgan fingerprint density at radius 3 is 2.44 bits per heavy atom. The second kappa shape index (κ2) is 12.0. The molecule has 1 unspecified atom stereocenters. The number of likely N-dealkylation sites (tertiary alicyclic amines) is 1. The Morgan fingerprint density at radius 1 is 0.972 bits per heavy atom. The minimum atomic E-state index is 0.0676. The highest BCUT2D eigenvalue weighted by Crippen LogP contribution is 2.34. The van der Waals surface area contributed by atoms with E-state index in [1.54, 1.807) is 0 Å². The van der Waals surface area contributed by atoms with Crippen molar-refractivity contribution in [2.24, 2.45) is 11.8 Å². The molecule has 5 rings (SSSR count). The second-order valence-electron chi connectivity index (χ2n) is 11.7. The van der Waals surface area contributed by atoms with Crippen LogP contribution < -0.4 is 9.64 Å². The van der Waals surface area contributed by atoms with Crippen LogP contribution in [0, 0.1) is 11.8 Å². The van der Waals surface area contributed by atoms with Gasteiger partial charge in [0.25, 0.3) is 0 Å². The maximum absolute atomic E-state index is 13.2. The maximum Gasteiger partial charge on any atom is 0.227 e. The van der Waals surface area contributed by atoms with E-state index in [2.05, 4.69) is 16.7 Å². The largest absolute Gasteiger partial charge is 0.494 e. The van der Waals surface area contributed by atoms with Crippen molar-refractivity contribution in [3.8, 4) is 5.75 Å². The zero-order valence-electron chi connectivity index (χ0n) is 22.2. The zero-order chi connectivity index (χ0) is 24.9. The molecule has 1 aromatic rings. The standard InChI is InChI=1S/C30H45N3O3/c1-23-7-5-18-31(23)19-6-20-36-28-15-12-26(13-16-28)33-27(14-17-29(33)34)22-32(30(35)25-10-11-25)21-24-8-3-2-4-9-24/h12-13,15-16,23-25,27H,2-11,14,17-22H2,1H3/t23?,27-/m0/s1. The van der Waals surface area contributed by atoms with E-state index in [0.717, 1.165) is 50.2 Å². The molecule has 0 bridgehead atoms. The van der Waals surface area contributed by atoms with E-state index < -0.39 is 0 Å². The predicted molar refractivity (Wildman–Crippen MR) is 143 cm³/mol. The van der Waals surface area contributed by atoms with Gasteiger partial charge in [0.1, 0.15) is 5.75 Å². The van der Waals surface area contributed by atoms with Crippen LogP contribution in [0.15, 0.2) is 24.3 Å². The smallest absolute Gasteiger partial charge is 0.227 e. The summed E-state index contributed by atoms with van der Waals surface area (Å²) in [5, 5.41) is 0. The number of anilines is 1. The summed E-state index contributed by atoms with van der Waals surface area (Å²) >= 11 is 0. The molecule has 6 heteroatoms. The first-order valence-electron chi connectivity index (χ1n) is 14.7. The molecular weight excluding hydrogens is 450 g/mol. The number of nitrogens with zero attached hydrogens (tertiary/aromatic N) is 3. The van der Waals surface area contributed by atoms with Crippen LogP contribution in [-0.2, 0) is 9.59 Å². The van der Waals surface area contributed by atoms with Crippen molar-refractivity contribution in [1.82, 2.24) is 9.80 Å². The summed E-state index contributed by atoms with van der Waals surface area (Å²) in [7, 11) is 0. The summed E-state index contributed by atoms with van der Waals surface area (Å²) in [6.45, 7) is 6.89. The molecule has 0 N–H and O–H groups in total. The molecule has 0 radical (unpaired) electrons. The maximum atomic E-state index is 13.2. The molecule has 36 heavy (non-hydrogen) atoms. The van der Waals surface area contributed by atoms with Crippen molar-refractivity contribution in [2.75, 3.05) is 37.7 Å². The van der Waals surface area contributed by atoms with Gasteiger partial charge in [-0.05, 0) is 95.0 Å². The third kappa shape index (κ3) is 6.42. The first-order valence-corrected chi connectivity index (χ1v) is 14.7. The minimum Gasteiger partial charge on any atom is -0.494 e.